The van der Waals surface area contributed by atoms with E-state index in [1.807, 2.05) is 42.1 Å². The molecule has 1 heterocycles. The van der Waals surface area contributed by atoms with E-state index in [1.54, 1.807) is 0 Å². The number of hydrogen-bond donors (Lipinski definition) is 0. The molecule has 0 saturated carbocycles. The van der Waals surface area contributed by atoms with Crippen molar-refractivity contribution < 1.29 is 14.1 Å². The zero-order valence-electron chi connectivity index (χ0n) is 15.7. The summed E-state index contributed by atoms with van der Waals surface area (Å²) in [5, 5.41) is 0. The normalized spacial score (nSPS) is 12.1. The molecular formula is C21H36NO2+. The van der Waals surface area contributed by atoms with Gasteiger partial charge in [0.2, 0.25) is 0 Å². The van der Waals surface area contributed by atoms with Crippen LogP contribution < -0.4 is 4.57 Å². The molecule has 1 atom stereocenters. The largest absolute Gasteiger partial charge is 0.461 e. The van der Waals surface area contributed by atoms with E-state index < -0.39 is 0 Å². The Morgan fingerprint density at radius 1 is 0.833 bits per heavy atom. The van der Waals surface area contributed by atoms with E-state index in [1.165, 1.54) is 57.8 Å². The van der Waals surface area contributed by atoms with Crippen molar-refractivity contribution >= 4 is 5.97 Å². The predicted octanol–water partition coefficient (Wildman–Crippen LogP) is 5.39. The van der Waals surface area contributed by atoms with E-state index in [4.69, 9.17) is 4.74 Å². The van der Waals surface area contributed by atoms with Crippen LogP contribution in [0, 0.1) is 0 Å². The van der Waals surface area contributed by atoms with Crippen molar-refractivity contribution in [3.05, 3.63) is 30.6 Å². The molecule has 0 amide bonds. The average molecular weight is 335 g/mol. The summed E-state index contributed by atoms with van der Waals surface area (Å²) < 4.78 is 7.22. The summed E-state index contributed by atoms with van der Waals surface area (Å²) in [7, 11) is 0. The van der Waals surface area contributed by atoms with Gasteiger partial charge in [-0.15, -0.1) is 0 Å². The molecule has 0 radical (unpaired) electrons. The predicted molar refractivity (Wildman–Crippen MR) is 98.8 cm³/mol. The molecule has 24 heavy (non-hydrogen) atoms. The first-order valence-corrected chi connectivity index (χ1v) is 9.92. The average Bonchev–Trinajstić information content (AvgIpc) is 2.60. The fourth-order valence-corrected chi connectivity index (χ4v) is 3.07. The van der Waals surface area contributed by atoms with Crippen LogP contribution in [0.15, 0.2) is 30.6 Å². The fourth-order valence-electron chi connectivity index (χ4n) is 3.07. The molecule has 1 aromatic heterocycles. The van der Waals surface area contributed by atoms with Crippen molar-refractivity contribution in [1.29, 1.82) is 0 Å². The first-order valence-electron chi connectivity index (χ1n) is 9.92. The lowest BCUT2D eigenvalue weighted by atomic mass is 10.0. The zero-order chi connectivity index (χ0) is 17.5. The standard InChI is InChI=1S/C21H36NO2/c1-3-5-6-7-8-9-10-11-12-14-17-20(21(23)24-4-2)22-18-15-13-16-19-22/h13,15-16,18-20H,3-12,14,17H2,1-2H3/q+1/t20-/m1/s1. The summed E-state index contributed by atoms with van der Waals surface area (Å²) in [4.78, 5) is 12.2. The molecule has 0 aliphatic rings. The van der Waals surface area contributed by atoms with Crippen LogP contribution in [0.4, 0.5) is 0 Å². The summed E-state index contributed by atoms with van der Waals surface area (Å²) in [5.41, 5.74) is 0. The first-order chi connectivity index (χ1) is 11.8. The Morgan fingerprint density at radius 3 is 1.92 bits per heavy atom. The van der Waals surface area contributed by atoms with E-state index in [-0.39, 0.29) is 12.0 Å². The van der Waals surface area contributed by atoms with Crippen LogP contribution in [0.5, 0.6) is 0 Å². The minimum Gasteiger partial charge on any atom is -0.461 e. The molecule has 0 fully saturated rings. The second-order valence-electron chi connectivity index (χ2n) is 6.56. The van der Waals surface area contributed by atoms with Gasteiger partial charge in [0.15, 0.2) is 12.4 Å². The van der Waals surface area contributed by atoms with Gasteiger partial charge in [0.05, 0.1) is 6.61 Å². The minimum absolute atomic E-state index is 0.107. The van der Waals surface area contributed by atoms with Gasteiger partial charge in [-0.05, 0) is 13.3 Å². The van der Waals surface area contributed by atoms with Crippen molar-refractivity contribution in [2.24, 2.45) is 0 Å². The van der Waals surface area contributed by atoms with Gasteiger partial charge >= 0.3 is 5.97 Å². The van der Waals surface area contributed by atoms with E-state index in [0.29, 0.717) is 6.61 Å². The maximum Gasteiger partial charge on any atom is 0.375 e. The molecule has 0 spiro atoms. The van der Waals surface area contributed by atoms with Gasteiger partial charge in [0.25, 0.3) is 6.04 Å². The number of hydrogen-bond acceptors (Lipinski definition) is 2. The maximum atomic E-state index is 12.2. The molecule has 0 aromatic carbocycles. The summed E-state index contributed by atoms with van der Waals surface area (Å²) in [6, 6.07) is 5.72. The molecule has 0 bridgehead atoms. The fraction of sp³-hybridized carbons (Fsp3) is 0.714. The number of aromatic nitrogens is 1. The third-order valence-electron chi connectivity index (χ3n) is 4.49. The van der Waals surface area contributed by atoms with Gasteiger partial charge in [0, 0.05) is 18.6 Å². The van der Waals surface area contributed by atoms with E-state index in [9.17, 15) is 4.79 Å². The zero-order valence-corrected chi connectivity index (χ0v) is 15.7. The Kier molecular flexibility index (Phi) is 12.1. The highest BCUT2D eigenvalue weighted by Crippen LogP contribution is 2.15. The van der Waals surface area contributed by atoms with Crippen molar-refractivity contribution in [1.82, 2.24) is 0 Å². The Labute approximate surface area is 148 Å². The molecule has 0 unspecified atom stereocenters. The smallest absolute Gasteiger partial charge is 0.375 e. The molecule has 136 valence electrons. The third-order valence-corrected chi connectivity index (χ3v) is 4.49. The van der Waals surface area contributed by atoms with Crippen LogP contribution in [-0.2, 0) is 9.53 Å². The Balaban J connectivity index is 2.20. The monoisotopic (exact) mass is 334 g/mol. The molecule has 0 aliphatic heterocycles. The van der Waals surface area contributed by atoms with Crippen LogP contribution in [0.1, 0.15) is 90.5 Å². The third kappa shape index (κ3) is 9.05. The number of carbonyl (C=O) groups is 1. The van der Waals surface area contributed by atoms with Crippen LogP contribution in [0.3, 0.4) is 0 Å². The number of nitrogens with zero attached hydrogens (tertiary/aromatic N) is 1. The lowest BCUT2D eigenvalue weighted by Gasteiger charge is -2.11. The van der Waals surface area contributed by atoms with Gasteiger partial charge in [-0.1, -0.05) is 70.8 Å². The van der Waals surface area contributed by atoms with Crippen molar-refractivity contribution in [3.8, 4) is 0 Å². The van der Waals surface area contributed by atoms with Gasteiger partial charge in [0.1, 0.15) is 0 Å². The highest BCUT2D eigenvalue weighted by atomic mass is 16.5. The van der Waals surface area contributed by atoms with Crippen molar-refractivity contribution in [2.75, 3.05) is 6.61 Å². The second-order valence-corrected chi connectivity index (χ2v) is 6.56. The van der Waals surface area contributed by atoms with E-state index in [0.717, 1.165) is 12.8 Å². The number of pyridine rings is 1. The molecule has 1 rings (SSSR count). The molecule has 0 N–H and O–H groups in total. The summed E-state index contributed by atoms with van der Waals surface area (Å²) >= 11 is 0. The van der Waals surface area contributed by atoms with Crippen LogP contribution in [0.2, 0.25) is 0 Å². The van der Waals surface area contributed by atoms with Gasteiger partial charge in [-0.25, -0.2) is 4.79 Å². The number of unbranched alkanes of at least 4 members (excludes halogenated alkanes) is 9. The first kappa shape index (κ1) is 20.7. The lowest BCUT2D eigenvalue weighted by Crippen LogP contribution is -2.44. The molecule has 0 saturated heterocycles. The van der Waals surface area contributed by atoms with Gasteiger partial charge in [-0.2, -0.15) is 4.57 Å². The quantitative estimate of drug-likeness (QED) is 0.259. The molecular weight excluding hydrogens is 298 g/mol. The van der Waals surface area contributed by atoms with Crippen LogP contribution in [-0.4, -0.2) is 12.6 Å². The number of rotatable bonds is 14. The topological polar surface area (TPSA) is 30.2 Å². The van der Waals surface area contributed by atoms with E-state index in [2.05, 4.69) is 6.92 Å². The highest BCUT2D eigenvalue weighted by molar-refractivity contribution is 5.72. The highest BCUT2D eigenvalue weighted by Gasteiger charge is 2.27. The van der Waals surface area contributed by atoms with Crippen LogP contribution >= 0.6 is 0 Å². The maximum absolute atomic E-state index is 12.2. The van der Waals surface area contributed by atoms with Crippen molar-refractivity contribution in [2.45, 2.75) is 90.5 Å². The molecule has 3 heteroatoms. The molecule has 0 aliphatic carbocycles. The van der Waals surface area contributed by atoms with E-state index >= 15 is 0 Å². The summed E-state index contributed by atoms with van der Waals surface area (Å²) in [6.45, 7) is 4.57. The Hall–Kier alpha value is -1.38. The summed E-state index contributed by atoms with van der Waals surface area (Å²) in [6.07, 6.45) is 17.9. The van der Waals surface area contributed by atoms with Gasteiger partial charge < -0.3 is 4.74 Å². The van der Waals surface area contributed by atoms with Gasteiger partial charge in [-0.3, -0.25) is 0 Å². The van der Waals surface area contributed by atoms with Crippen molar-refractivity contribution in [3.63, 3.8) is 0 Å². The number of ether oxygens (including phenoxy) is 1. The SMILES string of the molecule is CCCCCCCCCCCC[C@H](C(=O)OCC)[n+]1ccccc1. The number of carbonyl (C=O) groups excluding carboxylic acids is 1. The second kappa shape index (κ2) is 14.0. The van der Waals surface area contributed by atoms with Crippen LogP contribution in [0.25, 0.3) is 0 Å². The Morgan fingerprint density at radius 2 is 1.38 bits per heavy atom. The lowest BCUT2D eigenvalue weighted by molar-refractivity contribution is -0.711. The minimum atomic E-state index is -0.180. The number of esters is 1. The Bertz CT molecular complexity index is 419. The molecule has 3 nitrogen and oxygen atoms in total. The summed E-state index contributed by atoms with van der Waals surface area (Å²) in [5.74, 6) is -0.107. The molecule has 1 aromatic rings.